The van der Waals surface area contributed by atoms with Gasteiger partial charge in [0.2, 0.25) is 0 Å². The van der Waals surface area contributed by atoms with E-state index in [1.807, 2.05) is 6.07 Å². The van der Waals surface area contributed by atoms with Gasteiger partial charge in [0.15, 0.2) is 0 Å². The van der Waals surface area contributed by atoms with Crippen LogP contribution < -0.4 is 10.6 Å². The van der Waals surface area contributed by atoms with E-state index in [9.17, 15) is 13.6 Å². The fourth-order valence-corrected chi connectivity index (χ4v) is 2.00. The number of anilines is 3. The highest BCUT2D eigenvalue weighted by molar-refractivity contribution is 6.03. The summed E-state index contributed by atoms with van der Waals surface area (Å²) in [5.41, 5.74) is 0.781. The first-order chi connectivity index (χ1) is 11.6. The monoisotopic (exact) mass is 326 g/mol. The fraction of sp³-hybridized carbons (Fsp3) is 0. The predicted octanol–water partition coefficient (Wildman–Crippen LogP) is 3.75. The summed E-state index contributed by atoms with van der Waals surface area (Å²) >= 11 is 0. The first kappa shape index (κ1) is 15.5. The van der Waals surface area contributed by atoms with Gasteiger partial charge in [-0.05, 0) is 24.3 Å². The number of benzene rings is 2. The van der Waals surface area contributed by atoms with Crippen molar-refractivity contribution in [3.63, 3.8) is 0 Å². The summed E-state index contributed by atoms with van der Waals surface area (Å²) in [5, 5.41) is 5.37. The Bertz CT molecular complexity index is 871. The van der Waals surface area contributed by atoms with Crippen molar-refractivity contribution in [2.75, 3.05) is 10.6 Å². The molecule has 7 heteroatoms. The lowest BCUT2D eigenvalue weighted by molar-refractivity contribution is 0.102. The van der Waals surface area contributed by atoms with Gasteiger partial charge < -0.3 is 10.6 Å². The zero-order valence-corrected chi connectivity index (χ0v) is 12.3. The Morgan fingerprint density at radius 1 is 0.958 bits per heavy atom. The molecule has 24 heavy (non-hydrogen) atoms. The summed E-state index contributed by atoms with van der Waals surface area (Å²) in [7, 11) is 0. The Hall–Kier alpha value is -3.35. The van der Waals surface area contributed by atoms with E-state index >= 15 is 0 Å². The first-order valence-electron chi connectivity index (χ1n) is 7.02. The summed E-state index contributed by atoms with van der Waals surface area (Å²) in [4.78, 5) is 20.0. The van der Waals surface area contributed by atoms with Gasteiger partial charge in [-0.25, -0.2) is 18.7 Å². The van der Waals surface area contributed by atoms with Gasteiger partial charge in [-0.15, -0.1) is 0 Å². The lowest BCUT2D eigenvalue weighted by Crippen LogP contribution is -2.14. The number of carbonyl (C=O) groups excluding carboxylic acids is 1. The van der Waals surface area contributed by atoms with Crippen molar-refractivity contribution in [2.45, 2.75) is 0 Å². The summed E-state index contributed by atoms with van der Waals surface area (Å²) in [6, 6.07) is 13.4. The van der Waals surface area contributed by atoms with Crippen molar-refractivity contribution < 1.29 is 13.6 Å². The number of nitrogens with zero attached hydrogens (tertiary/aromatic N) is 2. The van der Waals surface area contributed by atoms with Crippen LogP contribution in [0.4, 0.5) is 26.0 Å². The van der Waals surface area contributed by atoms with Gasteiger partial charge in [0.25, 0.3) is 5.91 Å². The number of rotatable bonds is 4. The van der Waals surface area contributed by atoms with Crippen molar-refractivity contribution in [3.05, 3.63) is 78.3 Å². The van der Waals surface area contributed by atoms with E-state index < -0.39 is 17.5 Å². The number of para-hydroxylation sites is 1. The van der Waals surface area contributed by atoms with Crippen LogP contribution in [0.15, 0.2) is 60.9 Å². The summed E-state index contributed by atoms with van der Waals surface area (Å²) in [6.07, 6.45) is 1.18. The van der Waals surface area contributed by atoms with E-state index in [2.05, 4.69) is 20.6 Å². The summed E-state index contributed by atoms with van der Waals surface area (Å²) < 4.78 is 26.6. The first-order valence-corrected chi connectivity index (χ1v) is 7.02. The molecule has 0 bridgehead atoms. The Balaban J connectivity index is 1.77. The maximum atomic E-state index is 13.7. The molecule has 0 atom stereocenters. The second kappa shape index (κ2) is 6.82. The third-order valence-electron chi connectivity index (χ3n) is 3.13. The van der Waals surface area contributed by atoms with Crippen LogP contribution >= 0.6 is 0 Å². The second-order valence-electron chi connectivity index (χ2n) is 4.86. The van der Waals surface area contributed by atoms with Gasteiger partial charge >= 0.3 is 0 Å². The van der Waals surface area contributed by atoms with E-state index in [4.69, 9.17) is 0 Å². The highest BCUT2D eigenvalue weighted by atomic mass is 19.1. The zero-order chi connectivity index (χ0) is 16.9. The van der Waals surface area contributed by atoms with Gasteiger partial charge in [-0.1, -0.05) is 18.2 Å². The topological polar surface area (TPSA) is 66.9 Å². The largest absolute Gasteiger partial charge is 0.338 e. The zero-order valence-electron chi connectivity index (χ0n) is 12.3. The van der Waals surface area contributed by atoms with Gasteiger partial charge in [0, 0.05) is 17.8 Å². The fourth-order valence-electron chi connectivity index (χ4n) is 2.00. The van der Waals surface area contributed by atoms with E-state index in [-0.39, 0.29) is 17.2 Å². The van der Waals surface area contributed by atoms with Crippen LogP contribution in [0.3, 0.4) is 0 Å². The third kappa shape index (κ3) is 3.70. The van der Waals surface area contributed by atoms with Crippen molar-refractivity contribution >= 4 is 23.1 Å². The summed E-state index contributed by atoms with van der Waals surface area (Å²) in [5.74, 6) is -1.65. The van der Waals surface area contributed by atoms with Gasteiger partial charge in [0.05, 0.1) is 5.69 Å². The van der Waals surface area contributed by atoms with Crippen molar-refractivity contribution in [1.82, 2.24) is 9.97 Å². The van der Waals surface area contributed by atoms with Crippen molar-refractivity contribution in [2.24, 2.45) is 0 Å². The average Bonchev–Trinajstić information content (AvgIpc) is 2.59. The molecular formula is C17H12F2N4O. The van der Waals surface area contributed by atoms with E-state index in [1.54, 1.807) is 24.3 Å². The minimum Gasteiger partial charge on any atom is -0.338 e. The van der Waals surface area contributed by atoms with Crippen LogP contribution in [-0.2, 0) is 0 Å². The maximum absolute atomic E-state index is 13.7. The average molecular weight is 326 g/mol. The van der Waals surface area contributed by atoms with E-state index in [0.717, 1.165) is 12.1 Å². The predicted molar refractivity (Wildman–Crippen MR) is 86.1 cm³/mol. The lowest BCUT2D eigenvalue weighted by atomic mass is 10.2. The molecule has 0 fully saturated rings. The van der Waals surface area contributed by atoms with Crippen LogP contribution in [0.5, 0.6) is 0 Å². The molecule has 120 valence electrons. The molecule has 0 radical (unpaired) electrons. The normalized spacial score (nSPS) is 10.2. The van der Waals surface area contributed by atoms with E-state index in [0.29, 0.717) is 5.69 Å². The molecule has 0 saturated carbocycles. The standard InChI is InChI=1S/C17H12F2N4O/c18-11-6-7-14(13(19)8-11)23-16-9-15(20-10-21-16)17(24)22-12-4-2-1-3-5-12/h1-10H,(H,22,24)(H,20,21,23). The third-order valence-corrected chi connectivity index (χ3v) is 3.13. The van der Waals surface area contributed by atoms with E-state index in [1.165, 1.54) is 18.5 Å². The maximum Gasteiger partial charge on any atom is 0.274 e. The minimum absolute atomic E-state index is 0.0458. The molecule has 2 aromatic carbocycles. The highest BCUT2D eigenvalue weighted by Crippen LogP contribution is 2.19. The number of carbonyl (C=O) groups is 1. The molecule has 1 amide bonds. The molecule has 2 N–H and O–H groups in total. The number of amides is 1. The van der Waals surface area contributed by atoms with Crippen LogP contribution in [0, 0.1) is 11.6 Å². The molecule has 5 nitrogen and oxygen atoms in total. The van der Waals surface area contributed by atoms with Gasteiger partial charge in [-0.2, -0.15) is 0 Å². The van der Waals surface area contributed by atoms with Gasteiger partial charge in [0.1, 0.15) is 29.5 Å². The number of halogens is 2. The Kier molecular flexibility index (Phi) is 4.42. The number of hydrogen-bond acceptors (Lipinski definition) is 4. The molecule has 3 aromatic rings. The van der Waals surface area contributed by atoms with Crippen molar-refractivity contribution in [1.29, 1.82) is 0 Å². The van der Waals surface area contributed by atoms with Gasteiger partial charge in [-0.3, -0.25) is 4.79 Å². The Morgan fingerprint density at radius 3 is 2.50 bits per heavy atom. The molecule has 3 rings (SSSR count). The highest BCUT2D eigenvalue weighted by Gasteiger charge is 2.10. The molecule has 1 aromatic heterocycles. The van der Waals surface area contributed by atoms with Crippen LogP contribution in [-0.4, -0.2) is 15.9 Å². The van der Waals surface area contributed by atoms with Crippen LogP contribution in [0.1, 0.15) is 10.5 Å². The Labute approximate surface area is 136 Å². The second-order valence-corrected chi connectivity index (χ2v) is 4.86. The summed E-state index contributed by atoms with van der Waals surface area (Å²) in [6.45, 7) is 0. The lowest BCUT2D eigenvalue weighted by Gasteiger charge is -2.08. The molecule has 0 aliphatic rings. The molecule has 0 aliphatic carbocycles. The number of aromatic nitrogens is 2. The molecular weight excluding hydrogens is 314 g/mol. The Morgan fingerprint density at radius 2 is 1.75 bits per heavy atom. The molecule has 0 spiro atoms. The molecule has 0 aliphatic heterocycles. The molecule has 0 saturated heterocycles. The van der Waals surface area contributed by atoms with Crippen LogP contribution in [0.2, 0.25) is 0 Å². The number of hydrogen-bond donors (Lipinski definition) is 2. The quantitative estimate of drug-likeness (QED) is 0.766. The number of nitrogens with one attached hydrogen (secondary N) is 2. The molecule has 0 unspecified atom stereocenters. The van der Waals surface area contributed by atoms with Crippen molar-refractivity contribution in [3.8, 4) is 0 Å². The SMILES string of the molecule is O=C(Nc1ccccc1)c1cc(Nc2ccc(F)cc2F)ncn1. The van der Waals surface area contributed by atoms with Crippen LogP contribution in [0.25, 0.3) is 0 Å². The molecule has 1 heterocycles. The smallest absolute Gasteiger partial charge is 0.274 e. The minimum atomic E-state index is -0.760.